The molecule has 2 aromatic carbocycles. The Bertz CT molecular complexity index is 1220. The maximum atomic E-state index is 13.1. The van der Waals surface area contributed by atoms with Gasteiger partial charge in [-0.3, -0.25) is 14.5 Å². The molecule has 0 saturated carbocycles. The van der Waals surface area contributed by atoms with Crippen LogP contribution in [0.1, 0.15) is 17.2 Å². The van der Waals surface area contributed by atoms with Gasteiger partial charge in [-0.15, -0.1) is 0 Å². The summed E-state index contributed by atoms with van der Waals surface area (Å²) in [5, 5.41) is 11.2. The summed E-state index contributed by atoms with van der Waals surface area (Å²) >= 11 is 0. The van der Waals surface area contributed by atoms with E-state index < -0.39 is 27.8 Å². The number of benzene rings is 2. The number of rotatable bonds is 7. The van der Waals surface area contributed by atoms with Crippen molar-refractivity contribution in [3.8, 4) is 0 Å². The molecule has 4 rings (SSSR count). The van der Waals surface area contributed by atoms with Gasteiger partial charge in [0, 0.05) is 45.8 Å². The van der Waals surface area contributed by atoms with Gasteiger partial charge < -0.3 is 14.7 Å². The Labute approximate surface area is 205 Å². The molecule has 0 radical (unpaired) electrons. The summed E-state index contributed by atoms with van der Waals surface area (Å²) in [7, 11) is -0.782. The van der Waals surface area contributed by atoms with E-state index in [4.69, 9.17) is 4.74 Å². The molecule has 1 N–H and O–H groups in total. The van der Waals surface area contributed by atoms with E-state index in [9.17, 15) is 23.1 Å². The van der Waals surface area contributed by atoms with Crippen molar-refractivity contribution in [3.63, 3.8) is 0 Å². The number of likely N-dealkylation sites (tertiary alicyclic amines) is 1. The molecule has 186 valence electrons. The van der Waals surface area contributed by atoms with Crippen molar-refractivity contribution in [2.75, 3.05) is 53.5 Å². The molecule has 1 atom stereocenters. The summed E-state index contributed by atoms with van der Waals surface area (Å²) in [6.45, 7) is 3.66. The molecule has 0 aromatic heterocycles. The topological polar surface area (TPSA) is 107 Å². The number of nitrogens with zero attached hydrogens (tertiary/aromatic N) is 3. The molecule has 2 aliphatic rings. The fourth-order valence-corrected chi connectivity index (χ4v) is 5.22. The second-order valence-corrected chi connectivity index (χ2v) is 10.8. The molecule has 9 nitrogen and oxygen atoms in total. The third-order valence-electron chi connectivity index (χ3n) is 6.32. The van der Waals surface area contributed by atoms with Gasteiger partial charge in [-0.05, 0) is 29.8 Å². The third kappa shape index (κ3) is 5.01. The van der Waals surface area contributed by atoms with Gasteiger partial charge in [0.05, 0.1) is 29.7 Å². The van der Waals surface area contributed by atoms with Crippen LogP contribution in [0.4, 0.5) is 0 Å². The van der Waals surface area contributed by atoms with Crippen LogP contribution in [0.25, 0.3) is 5.76 Å². The number of ether oxygens (including phenoxy) is 1. The van der Waals surface area contributed by atoms with Crippen molar-refractivity contribution >= 4 is 27.5 Å². The lowest BCUT2D eigenvalue weighted by molar-refractivity contribution is -0.140. The number of amides is 1. The number of ketones is 1. The van der Waals surface area contributed by atoms with Gasteiger partial charge in [-0.25, -0.2) is 12.7 Å². The van der Waals surface area contributed by atoms with E-state index in [1.54, 1.807) is 0 Å². The lowest BCUT2D eigenvalue weighted by Gasteiger charge is -2.31. The SMILES string of the molecule is CN(C)S(=O)(=O)c1ccc(C(O)=C2C(=O)C(=O)N(CCN3CCOCC3)C2c2ccccc2)cc1. The summed E-state index contributed by atoms with van der Waals surface area (Å²) < 4.78 is 31.2. The Morgan fingerprint density at radius 2 is 1.63 bits per heavy atom. The Hall–Kier alpha value is -3.05. The number of hydrogen-bond donors (Lipinski definition) is 1. The average Bonchev–Trinajstić information content (AvgIpc) is 3.13. The third-order valence-corrected chi connectivity index (χ3v) is 8.15. The second kappa shape index (κ2) is 10.3. The number of hydrogen-bond acceptors (Lipinski definition) is 7. The van der Waals surface area contributed by atoms with E-state index in [1.807, 2.05) is 30.3 Å². The van der Waals surface area contributed by atoms with Crippen LogP contribution in [0.3, 0.4) is 0 Å². The smallest absolute Gasteiger partial charge is 0.295 e. The number of sulfonamides is 1. The van der Waals surface area contributed by atoms with Crippen molar-refractivity contribution in [2.45, 2.75) is 10.9 Å². The summed E-state index contributed by atoms with van der Waals surface area (Å²) in [5.41, 5.74) is 0.961. The molecule has 35 heavy (non-hydrogen) atoms. The van der Waals surface area contributed by atoms with Crippen LogP contribution in [0, 0.1) is 0 Å². The number of aliphatic hydroxyl groups is 1. The van der Waals surface area contributed by atoms with Crippen LogP contribution in [0.15, 0.2) is 65.1 Å². The predicted octanol–water partition coefficient (Wildman–Crippen LogP) is 1.69. The highest BCUT2D eigenvalue weighted by Crippen LogP contribution is 2.39. The van der Waals surface area contributed by atoms with Crippen LogP contribution in [0.2, 0.25) is 0 Å². The Morgan fingerprint density at radius 3 is 2.23 bits per heavy atom. The maximum absolute atomic E-state index is 13.1. The van der Waals surface area contributed by atoms with Crippen LogP contribution in [0.5, 0.6) is 0 Å². The zero-order valence-corrected chi connectivity index (χ0v) is 20.6. The molecule has 1 unspecified atom stereocenters. The quantitative estimate of drug-likeness (QED) is 0.351. The minimum Gasteiger partial charge on any atom is -0.507 e. The highest BCUT2D eigenvalue weighted by atomic mass is 32.2. The van der Waals surface area contributed by atoms with E-state index in [2.05, 4.69) is 4.90 Å². The zero-order chi connectivity index (χ0) is 25.2. The fraction of sp³-hybridized carbons (Fsp3) is 0.360. The number of carbonyl (C=O) groups is 2. The van der Waals surface area contributed by atoms with Crippen molar-refractivity contribution in [2.24, 2.45) is 0 Å². The van der Waals surface area contributed by atoms with Crippen molar-refractivity contribution in [1.82, 2.24) is 14.1 Å². The average molecular weight is 500 g/mol. The number of carbonyl (C=O) groups excluding carboxylic acids is 2. The molecular formula is C25H29N3O6S. The van der Waals surface area contributed by atoms with Gasteiger partial charge in [-0.1, -0.05) is 30.3 Å². The largest absolute Gasteiger partial charge is 0.507 e. The Balaban J connectivity index is 1.71. The summed E-state index contributed by atoms with van der Waals surface area (Å²) in [4.78, 5) is 29.9. The van der Waals surface area contributed by atoms with Gasteiger partial charge in [0.2, 0.25) is 10.0 Å². The highest BCUT2D eigenvalue weighted by molar-refractivity contribution is 7.89. The van der Waals surface area contributed by atoms with E-state index in [-0.39, 0.29) is 21.8 Å². The first-order valence-electron chi connectivity index (χ1n) is 11.4. The molecule has 1 amide bonds. The molecule has 2 fully saturated rings. The molecule has 2 heterocycles. The standard InChI is InChI=1S/C25H29N3O6S/c1-26(2)35(32,33)20-10-8-19(9-11-20)23(29)21-22(18-6-4-3-5-7-18)28(25(31)24(21)30)13-12-27-14-16-34-17-15-27/h3-11,22,29H,12-17H2,1-2H3. The molecule has 10 heteroatoms. The van der Waals surface area contributed by atoms with Crippen molar-refractivity contribution in [3.05, 3.63) is 71.3 Å². The minimum absolute atomic E-state index is 0.00797. The van der Waals surface area contributed by atoms with E-state index in [0.717, 1.165) is 17.4 Å². The molecule has 0 bridgehead atoms. The van der Waals surface area contributed by atoms with E-state index in [0.29, 0.717) is 31.9 Å². The first-order valence-corrected chi connectivity index (χ1v) is 12.8. The minimum atomic E-state index is -3.65. The van der Waals surface area contributed by atoms with Gasteiger partial charge in [0.1, 0.15) is 5.76 Å². The van der Waals surface area contributed by atoms with Gasteiger partial charge in [0.15, 0.2) is 0 Å². The second-order valence-electron chi connectivity index (χ2n) is 8.67. The Morgan fingerprint density at radius 1 is 1.00 bits per heavy atom. The van der Waals surface area contributed by atoms with Crippen LogP contribution in [-0.2, 0) is 24.3 Å². The van der Waals surface area contributed by atoms with Gasteiger partial charge in [0.25, 0.3) is 11.7 Å². The highest BCUT2D eigenvalue weighted by Gasteiger charge is 2.46. The molecule has 2 saturated heterocycles. The predicted molar refractivity (Wildman–Crippen MR) is 130 cm³/mol. The zero-order valence-electron chi connectivity index (χ0n) is 19.8. The van der Waals surface area contributed by atoms with Crippen LogP contribution < -0.4 is 0 Å². The maximum Gasteiger partial charge on any atom is 0.295 e. The van der Waals surface area contributed by atoms with E-state index >= 15 is 0 Å². The normalized spacial score (nSPS) is 21.1. The first-order chi connectivity index (χ1) is 16.7. The summed E-state index contributed by atoms with van der Waals surface area (Å²) in [6.07, 6.45) is 0. The number of morpholine rings is 1. The van der Waals surface area contributed by atoms with Gasteiger partial charge >= 0.3 is 0 Å². The van der Waals surface area contributed by atoms with Crippen LogP contribution >= 0.6 is 0 Å². The molecule has 2 aliphatic heterocycles. The Kier molecular flexibility index (Phi) is 7.36. The number of Topliss-reactive ketones (excluding diaryl/α,β-unsaturated/α-hetero) is 1. The van der Waals surface area contributed by atoms with Crippen molar-refractivity contribution < 1.29 is 27.9 Å². The number of aliphatic hydroxyl groups excluding tert-OH is 1. The molecule has 2 aromatic rings. The lowest BCUT2D eigenvalue weighted by atomic mass is 9.95. The molecule has 0 spiro atoms. The summed E-state index contributed by atoms with van der Waals surface area (Å²) in [6, 6.07) is 14.0. The van der Waals surface area contributed by atoms with Crippen molar-refractivity contribution in [1.29, 1.82) is 0 Å². The van der Waals surface area contributed by atoms with Gasteiger partial charge in [-0.2, -0.15) is 0 Å². The molecular weight excluding hydrogens is 470 g/mol. The van der Waals surface area contributed by atoms with Crippen LogP contribution in [-0.4, -0.2) is 92.8 Å². The lowest BCUT2D eigenvalue weighted by Crippen LogP contribution is -2.42. The first kappa shape index (κ1) is 25.1. The van der Waals surface area contributed by atoms with E-state index in [1.165, 1.54) is 43.3 Å². The fourth-order valence-electron chi connectivity index (χ4n) is 4.32. The summed E-state index contributed by atoms with van der Waals surface area (Å²) in [5.74, 6) is -1.76. The molecule has 0 aliphatic carbocycles. The monoisotopic (exact) mass is 499 g/mol.